The van der Waals surface area contributed by atoms with Gasteiger partial charge in [-0.1, -0.05) is 13.3 Å². The van der Waals surface area contributed by atoms with Crippen LogP contribution in [-0.2, 0) is 4.79 Å². The van der Waals surface area contributed by atoms with E-state index < -0.39 is 0 Å². The summed E-state index contributed by atoms with van der Waals surface area (Å²) in [7, 11) is 0. The molecule has 1 saturated carbocycles. The molecule has 1 aliphatic rings. The van der Waals surface area contributed by atoms with Crippen molar-refractivity contribution in [2.24, 2.45) is 11.0 Å². The lowest BCUT2D eigenvalue weighted by Gasteiger charge is -2.20. The maximum Gasteiger partial charge on any atom is 0.262 e. The van der Waals surface area contributed by atoms with E-state index >= 15 is 0 Å². The third kappa shape index (κ3) is 5.27. The van der Waals surface area contributed by atoms with Gasteiger partial charge in [0, 0.05) is 11.4 Å². The maximum atomic E-state index is 12.2. The Balaban J connectivity index is 1.85. The average Bonchev–Trinajstić information content (AvgIpc) is 2.56. The fourth-order valence-electron chi connectivity index (χ4n) is 2.69. The lowest BCUT2D eigenvalue weighted by molar-refractivity contribution is -0.121. The summed E-state index contributed by atoms with van der Waals surface area (Å²) in [4.78, 5) is 12.2. The lowest BCUT2D eigenvalue weighted by atomic mass is 9.89. The van der Waals surface area contributed by atoms with Crippen LogP contribution in [0.1, 0.15) is 46.5 Å². The number of amides is 1. The van der Waals surface area contributed by atoms with E-state index in [2.05, 4.69) is 22.8 Å². The van der Waals surface area contributed by atoms with E-state index in [1.165, 1.54) is 12.8 Å². The first-order valence-electron chi connectivity index (χ1n) is 8.46. The molecule has 0 unspecified atom stereocenters. The van der Waals surface area contributed by atoms with E-state index in [1.807, 2.05) is 38.1 Å². The minimum atomic E-state index is -0.351. The Hall–Kier alpha value is -2.04. The van der Waals surface area contributed by atoms with Crippen LogP contribution in [0.2, 0.25) is 0 Å². The molecule has 1 amide bonds. The van der Waals surface area contributed by atoms with E-state index in [1.54, 1.807) is 0 Å². The van der Waals surface area contributed by atoms with Crippen LogP contribution in [-0.4, -0.2) is 24.3 Å². The Labute approximate surface area is 138 Å². The molecule has 0 spiro atoms. The van der Waals surface area contributed by atoms with Gasteiger partial charge in [-0.25, -0.2) is 5.43 Å². The number of hydrazone groups is 1. The molecule has 0 aliphatic heterocycles. The van der Waals surface area contributed by atoms with Crippen LogP contribution >= 0.6 is 0 Å². The van der Waals surface area contributed by atoms with E-state index in [9.17, 15) is 4.79 Å². The van der Waals surface area contributed by atoms with Crippen molar-refractivity contribution < 1.29 is 9.53 Å². The molecular weight excluding hydrogens is 290 g/mol. The molecule has 0 aromatic heterocycles. The van der Waals surface area contributed by atoms with Crippen LogP contribution in [0.15, 0.2) is 29.4 Å². The number of rotatable bonds is 6. The van der Waals surface area contributed by atoms with Crippen molar-refractivity contribution in [3.63, 3.8) is 0 Å². The van der Waals surface area contributed by atoms with Gasteiger partial charge in [-0.05, 0) is 63.3 Å². The van der Waals surface area contributed by atoms with E-state index in [0.29, 0.717) is 12.5 Å². The summed E-state index contributed by atoms with van der Waals surface area (Å²) in [5, 5.41) is 7.50. The van der Waals surface area contributed by atoms with Crippen molar-refractivity contribution in [3.8, 4) is 5.75 Å². The monoisotopic (exact) mass is 317 g/mol. The summed E-state index contributed by atoms with van der Waals surface area (Å²) < 4.78 is 5.40. The predicted octanol–water partition coefficient (Wildman–Crippen LogP) is 3.57. The van der Waals surface area contributed by atoms with Crippen molar-refractivity contribution in [1.82, 2.24) is 5.43 Å². The minimum absolute atomic E-state index is 0.121. The third-order valence-corrected chi connectivity index (χ3v) is 4.14. The smallest absolute Gasteiger partial charge is 0.262 e. The predicted molar refractivity (Wildman–Crippen MR) is 93.9 cm³/mol. The van der Waals surface area contributed by atoms with Gasteiger partial charge in [0.15, 0.2) is 0 Å². The molecule has 1 aliphatic carbocycles. The second-order valence-electron chi connectivity index (χ2n) is 6.05. The normalized spacial score (nSPS) is 20.8. The number of nitrogens with zero attached hydrogens (tertiary/aromatic N) is 1. The molecule has 0 saturated heterocycles. The van der Waals surface area contributed by atoms with Gasteiger partial charge in [0.25, 0.3) is 5.91 Å². The summed E-state index contributed by atoms with van der Waals surface area (Å²) in [5.74, 6) is 1.18. The number of ether oxygens (including phenoxy) is 1. The molecule has 1 fully saturated rings. The van der Waals surface area contributed by atoms with Gasteiger partial charge in [0.1, 0.15) is 11.8 Å². The SMILES string of the molecule is CCOc1ccc(N[C@H](C)C(=O)NN=C2CCCC[C@H]2C)cc1. The van der Waals surface area contributed by atoms with E-state index in [4.69, 9.17) is 4.74 Å². The van der Waals surface area contributed by atoms with Crippen LogP contribution in [0, 0.1) is 5.92 Å². The quantitative estimate of drug-likeness (QED) is 0.788. The average molecular weight is 317 g/mol. The molecule has 2 rings (SSSR count). The molecule has 126 valence electrons. The highest BCUT2D eigenvalue weighted by Gasteiger charge is 2.17. The minimum Gasteiger partial charge on any atom is -0.494 e. The van der Waals surface area contributed by atoms with E-state index in [-0.39, 0.29) is 11.9 Å². The van der Waals surface area contributed by atoms with Gasteiger partial charge < -0.3 is 10.1 Å². The third-order valence-electron chi connectivity index (χ3n) is 4.14. The second-order valence-corrected chi connectivity index (χ2v) is 6.05. The van der Waals surface area contributed by atoms with Crippen molar-refractivity contribution >= 4 is 17.3 Å². The Kier molecular flexibility index (Phi) is 6.44. The summed E-state index contributed by atoms with van der Waals surface area (Å²) in [6.45, 7) is 6.60. The Morgan fingerprint density at radius 2 is 2.09 bits per heavy atom. The second kappa shape index (κ2) is 8.56. The number of benzene rings is 1. The van der Waals surface area contributed by atoms with Gasteiger partial charge in [0.2, 0.25) is 0 Å². The zero-order valence-corrected chi connectivity index (χ0v) is 14.3. The highest BCUT2D eigenvalue weighted by atomic mass is 16.5. The standard InChI is InChI=1S/C18H27N3O2/c1-4-23-16-11-9-15(10-12-16)19-14(3)18(22)21-20-17-8-6-5-7-13(17)2/h9-14,19H,4-8H2,1-3H3,(H,21,22)/t13-,14-/m1/s1. The summed E-state index contributed by atoms with van der Waals surface area (Å²) in [5.41, 5.74) is 4.69. The van der Waals surface area contributed by atoms with Gasteiger partial charge in [-0.15, -0.1) is 0 Å². The topological polar surface area (TPSA) is 62.7 Å². The molecule has 5 heteroatoms. The lowest BCUT2D eigenvalue weighted by Crippen LogP contribution is -2.36. The van der Waals surface area contributed by atoms with Crippen molar-refractivity contribution in [3.05, 3.63) is 24.3 Å². The highest BCUT2D eigenvalue weighted by Crippen LogP contribution is 2.20. The number of anilines is 1. The fraction of sp³-hybridized carbons (Fsp3) is 0.556. The van der Waals surface area contributed by atoms with Crippen LogP contribution in [0.4, 0.5) is 5.69 Å². The highest BCUT2D eigenvalue weighted by molar-refractivity contribution is 5.90. The summed E-state index contributed by atoms with van der Waals surface area (Å²) in [6, 6.07) is 7.24. The maximum absolute atomic E-state index is 12.2. The first-order chi connectivity index (χ1) is 11.1. The first kappa shape index (κ1) is 17.3. The summed E-state index contributed by atoms with van der Waals surface area (Å²) >= 11 is 0. The van der Waals surface area contributed by atoms with Crippen molar-refractivity contribution in [1.29, 1.82) is 0 Å². The fourth-order valence-corrected chi connectivity index (χ4v) is 2.69. The molecule has 0 bridgehead atoms. The van der Waals surface area contributed by atoms with Crippen LogP contribution < -0.4 is 15.5 Å². The number of carbonyl (C=O) groups is 1. The number of carbonyl (C=O) groups excluding carboxylic acids is 1. The molecular formula is C18H27N3O2. The summed E-state index contributed by atoms with van der Waals surface area (Å²) in [6.07, 6.45) is 4.57. The van der Waals surface area contributed by atoms with Gasteiger partial charge in [-0.3, -0.25) is 4.79 Å². The number of nitrogens with one attached hydrogen (secondary N) is 2. The van der Waals surface area contributed by atoms with Gasteiger partial charge in [0.05, 0.1) is 6.61 Å². The molecule has 2 N–H and O–H groups in total. The van der Waals surface area contributed by atoms with Crippen molar-refractivity contribution in [2.75, 3.05) is 11.9 Å². The van der Waals surface area contributed by atoms with Crippen LogP contribution in [0.25, 0.3) is 0 Å². The number of hydrogen-bond acceptors (Lipinski definition) is 4. The molecule has 5 nitrogen and oxygen atoms in total. The Bertz CT molecular complexity index is 540. The largest absolute Gasteiger partial charge is 0.494 e. The zero-order chi connectivity index (χ0) is 16.7. The molecule has 1 aromatic rings. The first-order valence-corrected chi connectivity index (χ1v) is 8.46. The molecule has 23 heavy (non-hydrogen) atoms. The van der Waals surface area contributed by atoms with E-state index in [0.717, 1.165) is 30.0 Å². The van der Waals surface area contributed by atoms with Crippen LogP contribution in [0.5, 0.6) is 5.75 Å². The Morgan fingerprint density at radius 1 is 1.35 bits per heavy atom. The van der Waals surface area contributed by atoms with Crippen molar-refractivity contribution in [2.45, 2.75) is 52.5 Å². The zero-order valence-electron chi connectivity index (χ0n) is 14.3. The molecule has 1 aromatic carbocycles. The van der Waals surface area contributed by atoms with Gasteiger partial charge >= 0.3 is 0 Å². The van der Waals surface area contributed by atoms with Gasteiger partial charge in [-0.2, -0.15) is 5.10 Å². The molecule has 2 atom stereocenters. The van der Waals surface area contributed by atoms with Crippen LogP contribution in [0.3, 0.4) is 0 Å². The molecule has 0 radical (unpaired) electrons. The number of hydrogen-bond donors (Lipinski definition) is 2. The Morgan fingerprint density at radius 3 is 2.74 bits per heavy atom. The molecule has 0 heterocycles.